The van der Waals surface area contributed by atoms with Gasteiger partial charge in [0.15, 0.2) is 0 Å². The number of nitrogens with zero attached hydrogens (tertiary/aromatic N) is 2. The lowest BCUT2D eigenvalue weighted by atomic mass is 10.2. The van der Waals surface area contributed by atoms with Crippen LogP contribution >= 0.6 is 46.6 Å². The van der Waals surface area contributed by atoms with Crippen LogP contribution in [0.3, 0.4) is 0 Å². The van der Waals surface area contributed by atoms with Crippen LogP contribution in [0.5, 0.6) is 0 Å². The SMILES string of the molecule is O=C(CSCc1ccc(Cl)cc1Cl)N1CCN(c2cccc(Cl)c2)CC1. The first-order valence-corrected chi connectivity index (χ1v) is 10.6. The van der Waals surface area contributed by atoms with Gasteiger partial charge < -0.3 is 9.80 Å². The average Bonchev–Trinajstić information content (AvgIpc) is 2.63. The van der Waals surface area contributed by atoms with E-state index in [1.807, 2.05) is 35.2 Å². The number of benzene rings is 2. The van der Waals surface area contributed by atoms with Crippen molar-refractivity contribution in [3.05, 3.63) is 63.1 Å². The summed E-state index contributed by atoms with van der Waals surface area (Å²) in [5, 5.41) is 2.00. The van der Waals surface area contributed by atoms with Crippen LogP contribution in [-0.4, -0.2) is 42.7 Å². The molecule has 0 aromatic heterocycles. The van der Waals surface area contributed by atoms with Crippen molar-refractivity contribution in [2.45, 2.75) is 5.75 Å². The van der Waals surface area contributed by atoms with Crippen molar-refractivity contribution >= 4 is 58.2 Å². The number of thioether (sulfide) groups is 1. The maximum absolute atomic E-state index is 12.4. The Morgan fingerprint density at radius 3 is 2.38 bits per heavy atom. The number of halogens is 3. The summed E-state index contributed by atoms with van der Waals surface area (Å²) >= 11 is 19.7. The molecule has 2 aromatic carbocycles. The van der Waals surface area contributed by atoms with Crippen LogP contribution in [-0.2, 0) is 10.5 Å². The standard InChI is InChI=1S/C19H19Cl3N2OS/c20-15-2-1-3-17(10-15)23-6-8-24(9-7-23)19(25)13-26-12-14-4-5-16(21)11-18(14)22/h1-5,10-11H,6-9,12-13H2. The molecule has 0 spiro atoms. The Kier molecular flexibility index (Phi) is 6.98. The van der Waals surface area contributed by atoms with E-state index in [0.717, 1.165) is 42.5 Å². The number of carbonyl (C=O) groups excluding carboxylic acids is 1. The fraction of sp³-hybridized carbons (Fsp3) is 0.316. The number of rotatable bonds is 5. The fourth-order valence-corrected chi connectivity index (χ4v) is 4.54. The third-order valence-electron chi connectivity index (χ3n) is 4.30. The first-order valence-electron chi connectivity index (χ1n) is 8.33. The molecule has 3 rings (SSSR count). The second-order valence-electron chi connectivity index (χ2n) is 6.08. The minimum atomic E-state index is 0.172. The van der Waals surface area contributed by atoms with E-state index in [1.54, 1.807) is 17.8 Å². The molecule has 0 bridgehead atoms. The van der Waals surface area contributed by atoms with E-state index in [2.05, 4.69) is 11.0 Å². The van der Waals surface area contributed by atoms with Gasteiger partial charge >= 0.3 is 0 Å². The number of piperazine rings is 1. The summed E-state index contributed by atoms with van der Waals surface area (Å²) in [5.74, 6) is 1.33. The van der Waals surface area contributed by atoms with Crippen LogP contribution in [0, 0.1) is 0 Å². The summed E-state index contributed by atoms with van der Waals surface area (Å²) in [6.45, 7) is 3.10. The number of carbonyl (C=O) groups is 1. The monoisotopic (exact) mass is 428 g/mol. The number of amides is 1. The van der Waals surface area contributed by atoms with Crippen molar-refractivity contribution in [2.75, 3.05) is 36.8 Å². The second kappa shape index (κ2) is 9.23. The van der Waals surface area contributed by atoms with Crippen LogP contribution in [0.1, 0.15) is 5.56 Å². The topological polar surface area (TPSA) is 23.6 Å². The lowest BCUT2D eigenvalue weighted by Crippen LogP contribution is -2.49. The van der Waals surface area contributed by atoms with E-state index in [0.29, 0.717) is 21.6 Å². The summed E-state index contributed by atoms with van der Waals surface area (Å²) in [6, 6.07) is 13.3. The van der Waals surface area contributed by atoms with Crippen molar-refractivity contribution in [1.82, 2.24) is 4.90 Å². The summed E-state index contributed by atoms with van der Waals surface area (Å²) < 4.78 is 0. The molecule has 138 valence electrons. The highest BCUT2D eigenvalue weighted by atomic mass is 35.5. The highest BCUT2D eigenvalue weighted by molar-refractivity contribution is 7.99. The van der Waals surface area contributed by atoms with Gasteiger partial charge in [0.2, 0.25) is 5.91 Å². The third kappa shape index (κ3) is 5.23. The lowest BCUT2D eigenvalue weighted by molar-refractivity contribution is -0.128. The van der Waals surface area contributed by atoms with Crippen LogP contribution in [0.25, 0.3) is 0 Å². The average molecular weight is 430 g/mol. The molecule has 1 heterocycles. The molecule has 1 amide bonds. The van der Waals surface area contributed by atoms with E-state index < -0.39 is 0 Å². The van der Waals surface area contributed by atoms with E-state index >= 15 is 0 Å². The first-order chi connectivity index (χ1) is 12.5. The Morgan fingerprint density at radius 2 is 1.69 bits per heavy atom. The molecule has 1 aliphatic heterocycles. The minimum absolute atomic E-state index is 0.172. The van der Waals surface area contributed by atoms with Crippen LogP contribution in [0.15, 0.2) is 42.5 Å². The highest BCUT2D eigenvalue weighted by Crippen LogP contribution is 2.25. The zero-order valence-corrected chi connectivity index (χ0v) is 17.2. The van der Waals surface area contributed by atoms with E-state index in [-0.39, 0.29) is 5.91 Å². The molecule has 0 aliphatic carbocycles. The van der Waals surface area contributed by atoms with Crippen LogP contribution < -0.4 is 4.90 Å². The maximum atomic E-state index is 12.4. The number of hydrogen-bond donors (Lipinski definition) is 0. The highest BCUT2D eigenvalue weighted by Gasteiger charge is 2.21. The molecule has 0 saturated carbocycles. The quantitative estimate of drug-likeness (QED) is 0.650. The molecule has 2 aromatic rings. The normalized spacial score (nSPS) is 14.6. The zero-order valence-electron chi connectivity index (χ0n) is 14.1. The molecule has 1 aliphatic rings. The van der Waals surface area contributed by atoms with Gasteiger partial charge in [-0.3, -0.25) is 4.79 Å². The van der Waals surface area contributed by atoms with Gasteiger partial charge in [0.25, 0.3) is 0 Å². The van der Waals surface area contributed by atoms with Gasteiger partial charge in [-0.05, 0) is 35.9 Å². The molecule has 7 heteroatoms. The van der Waals surface area contributed by atoms with E-state index in [1.165, 1.54) is 0 Å². The molecule has 0 atom stereocenters. The summed E-state index contributed by atoms with van der Waals surface area (Å²) in [7, 11) is 0. The molecule has 0 unspecified atom stereocenters. The molecule has 0 N–H and O–H groups in total. The Bertz CT molecular complexity index is 779. The lowest BCUT2D eigenvalue weighted by Gasteiger charge is -2.36. The molecule has 0 radical (unpaired) electrons. The second-order valence-corrected chi connectivity index (χ2v) is 8.34. The van der Waals surface area contributed by atoms with Gasteiger partial charge in [-0.2, -0.15) is 0 Å². The maximum Gasteiger partial charge on any atom is 0.232 e. The van der Waals surface area contributed by atoms with Crippen molar-refractivity contribution in [3.8, 4) is 0 Å². The van der Waals surface area contributed by atoms with E-state index in [9.17, 15) is 4.79 Å². The van der Waals surface area contributed by atoms with Crippen molar-refractivity contribution in [2.24, 2.45) is 0 Å². The zero-order chi connectivity index (χ0) is 18.5. The number of hydrogen-bond acceptors (Lipinski definition) is 3. The van der Waals surface area contributed by atoms with Gasteiger partial charge in [-0.15, -0.1) is 11.8 Å². The van der Waals surface area contributed by atoms with Crippen molar-refractivity contribution < 1.29 is 4.79 Å². The summed E-state index contributed by atoms with van der Waals surface area (Å²) in [5.41, 5.74) is 2.11. The molecule has 3 nitrogen and oxygen atoms in total. The summed E-state index contributed by atoms with van der Waals surface area (Å²) in [6.07, 6.45) is 0. The van der Waals surface area contributed by atoms with Gasteiger partial charge in [-0.25, -0.2) is 0 Å². The Hall–Kier alpha value is -1.07. The van der Waals surface area contributed by atoms with Gasteiger partial charge in [-0.1, -0.05) is 46.9 Å². The third-order valence-corrected chi connectivity index (χ3v) is 6.09. The minimum Gasteiger partial charge on any atom is -0.368 e. The summed E-state index contributed by atoms with van der Waals surface area (Å²) in [4.78, 5) is 16.6. The molecule has 1 saturated heterocycles. The largest absolute Gasteiger partial charge is 0.368 e. The predicted molar refractivity (Wildman–Crippen MR) is 113 cm³/mol. The van der Waals surface area contributed by atoms with Gasteiger partial charge in [0.05, 0.1) is 5.75 Å². The molecule has 26 heavy (non-hydrogen) atoms. The molecule has 1 fully saturated rings. The fourth-order valence-electron chi connectivity index (χ4n) is 2.87. The number of anilines is 1. The molecular weight excluding hydrogens is 411 g/mol. The smallest absolute Gasteiger partial charge is 0.232 e. The first kappa shape index (κ1) is 19.7. The Balaban J connectivity index is 1.45. The Labute approximate surface area is 173 Å². The van der Waals surface area contributed by atoms with Crippen molar-refractivity contribution in [3.63, 3.8) is 0 Å². The van der Waals surface area contributed by atoms with E-state index in [4.69, 9.17) is 34.8 Å². The predicted octanol–water partition coefficient (Wildman–Crippen LogP) is 5.23. The van der Waals surface area contributed by atoms with Crippen LogP contribution in [0.4, 0.5) is 5.69 Å². The van der Waals surface area contributed by atoms with Gasteiger partial charge in [0, 0.05) is 52.7 Å². The van der Waals surface area contributed by atoms with Crippen LogP contribution in [0.2, 0.25) is 15.1 Å². The van der Waals surface area contributed by atoms with Crippen molar-refractivity contribution in [1.29, 1.82) is 0 Å². The molecular formula is C19H19Cl3N2OS. The Morgan fingerprint density at radius 1 is 0.962 bits per heavy atom. The van der Waals surface area contributed by atoms with Gasteiger partial charge in [0.1, 0.15) is 0 Å².